The fourth-order valence-corrected chi connectivity index (χ4v) is 2.43. The molecule has 4 heteroatoms. The molecule has 18 heavy (non-hydrogen) atoms. The van der Waals surface area contributed by atoms with Crippen LogP contribution in [0, 0.1) is 0 Å². The molecule has 0 N–H and O–H groups in total. The van der Waals surface area contributed by atoms with E-state index in [1.165, 1.54) is 0 Å². The Bertz CT molecular complexity index is 541. The Kier molecular flexibility index (Phi) is 4.66. The fraction of sp³-hybridized carbons (Fsp3) is 0.143. The highest BCUT2D eigenvalue weighted by Gasteiger charge is 2.03. The molecule has 0 fully saturated rings. The fourth-order valence-electron chi connectivity index (χ4n) is 1.51. The van der Waals surface area contributed by atoms with Crippen LogP contribution in [0.4, 0.5) is 0 Å². The van der Waals surface area contributed by atoms with Crippen molar-refractivity contribution in [3.8, 4) is 11.5 Å². The lowest BCUT2D eigenvalue weighted by Gasteiger charge is -2.09. The average molecular weight is 372 g/mol. The highest BCUT2D eigenvalue weighted by Crippen LogP contribution is 2.29. The van der Waals surface area contributed by atoms with Crippen molar-refractivity contribution in [2.75, 3.05) is 7.11 Å². The Morgan fingerprint density at radius 1 is 1.06 bits per heavy atom. The largest absolute Gasteiger partial charge is 0.497 e. The van der Waals surface area contributed by atoms with Crippen LogP contribution in [0.2, 0.25) is 0 Å². The molecule has 0 bridgehead atoms. The monoisotopic (exact) mass is 370 g/mol. The molecular formula is C14H12Br2O2. The number of hydrogen-bond donors (Lipinski definition) is 0. The lowest BCUT2D eigenvalue weighted by atomic mass is 10.2. The van der Waals surface area contributed by atoms with Crippen LogP contribution in [0.5, 0.6) is 11.5 Å². The van der Waals surface area contributed by atoms with Gasteiger partial charge in [0, 0.05) is 4.47 Å². The predicted molar refractivity (Wildman–Crippen MR) is 79.2 cm³/mol. The van der Waals surface area contributed by atoms with Gasteiger partial charge in [-0.2, -0.15) is 0 Å². The third kappa shape index (κ3) is 3.50. The van der Waals surface area contributed by atoms with Crippen molar-refractivity contribution in [2.45, 2.75) is 6.61 Å². The number of halogens is 2. The zero-order valence-corrected chi connectivity index (χ0v) is 13.0. The van der Waals surface area contributed by atoms with Crippen molar-refractivity contribution in [2.24, 2.45) is 0 Å². The standard InChI is InChI=1S/C14H12Br2O2/c1-17-12-5-6-14(13(16)8-12)18-9-10-3-2-4-11(15)7-10/h2-8H,9H2,1H3. The maximum atomic E-state index is 5.75. The molecule has 0 aliphatic rings. The molecule has 0 atom stereocenters. The molecule has 2 aromatic rings. The van der Waals surface area contributed by atoms with Crippen LogP contribution in [-0.2, 0) is 6.61 Å². The Hall–Kier alpha value is -1.000. The number of rotatable bonds is 4. The van der Waals surface area contributed by atoms with Crippen LogP contribution < -0.4 is 9.47 Å². The summed E-state index contributed by atoms with van der Waals surface area (Å²) in [4.78, 5) is 0. The van der Waals surface area contributed by atoms with Gasteiger partial charge in [0.25, 0.3) is 0 Å². The number of benzene rings is 2. The van der Waals surface area contributed by atoms with E-state index in [1.54, 1.807) is 7.11 Å². The summed E-state index contributed by atoms with van der Waals surface area (Å²) in [7, 11) is 1.64. The van der Waals surface area contributed by atoms with Gasteiger partial charge in [0.2, 0.25) is 0 Å². The molecule has 2 aromatic carbocycles. The molecule has 0 radical (unpaired) electrons. The van der Waals surface area contributed by atoms with Gasteiger partial charge in [0.15, 0.2) is 0 Å². The zero-order valence-electron chi connectivity index (χ0n) is 9.82. The summed E-state index contributed by atoms with van der Waals surface area (Å²) < 4.78 is 12.8. The maximum Gasteiger partial charge on any atom is 0.134 e. The highest BCUT2D eigenvalue weighted by molar-refractivity contribution is 9.10. The second-order valence-electron chi connectivity index (χ2n) is 3.71. The molecule has 0 saturated heterocycles. The summed E-state index contributed by atoms with van der Waals surface area (Å²) >= 11 is 6.90. The molecular weight excluding hydrogens is 360 g/mol. The van der Waals surface area contributed by atoms with Gasteiger partial charge in [-0.3, -0.25) is 0 Å². The number of methoxy groups -OCH3 is 1. The second-order valence-corrected chi connectivity index (χ2v) is 5.48. The lowest BCUT2D eigenvalue weighted by Crippen LogP contribution is -1.96. The Balaban J connectivity index is 2.06. The molecule has 2 nitrogen and oxygen atoms in total. The van der Waals surface area contributed by atoms with E-state index in [4.69, 9.17) is 9.47 Å². The predicted octanol–water partition coefficient (Wildman–Crippen LogP) is 4.80. The molecule has 0 unspecified atom stereocenters. The van der Waals surface area contributed by atoms with Gasteiger partial charge in [-0.15, -0.1) is 0 Å². The van der Waals surface area contributed by atoms with Gasteiger partial charge in [-0.05, 0) is 51.8 Å². The van der Waals surface area contributed by atoms with Gasteiger partial charge in [-0.1, -0.05) is 28.1 Å². The summed E-state index contributed by atoms with van der Waals surface area (Å²) in [5.41, 5.74) is 1.12. The summed E-state index contributed by atoms with van der Waals surface area (Å²) in [5.74, 6) is 1.60. The van der Waals surface area contributed by atoms with E-state index >= 15 is 0 Å². The minimum absolute atomic E-state index is 0.532. The maximum absolute atomic E-state index is 5.75. The summed E-state index contributed by atoms with van der Waals surface area (Å²) in [6.45, 7) is 0.532. The molecule has 0 aromatic heterocycles. The van der Waals surface area contributed by atoms with E-state index in [2.05, 4.69) is 31.9 Å². The Morgan fingerprint density at radius 3 is 2.56 bits per heavy atom. The third-order valence-corrected chi connectivity index (χ3v) is 3.54. The van der Waals surface area contributed by atoms with Crippen LogP contribution >= 0.6 is 31.9 Å². The summed E-state index contributed by atoms with van der Waals surface area (Å²) in [5, 5.41) is 0. The first-order chi connectivity index (χ1) is 8.69. The topological polar surface area (TPSA) is 18.5 Å². The first-order valence-corrected chi connectivity index (χ1v) is 6.98. The van der Waals surface area contributed by atoms with Crippen molar-refractivity contribution in [1.82, 2.24) is 0 Å². The molecule has 2 rings (SSSR count). The van der Waals surface area contributed by atoms with Gasteiger partial charge < -0.3 is 9.47 Å². The number of hydrogen-bond acceptors (Lipinski definition) is 2. The van der Waals surface area contributed by atoms with Crippen LogP contribution in [0.25, 0.3) is 0 Å². The number of ether oxygens (including phenoxy) is 2. The van der Waals surface area contributed by atoms with Gasteiger partial charge in [-0.25, -0.2) is 0 Å². The van der Waals surface area contributed by atoms with Crippen LogP contribution in [0.1, 0.15) is 5.56 Å². The van der Waals surface area contributed by atoms with Crippen LogP contribution in [0.15, 0.2) is 51.4 Å². The Labute approximate surface area is 123 Å². The van der Waals surface area contributed by atoms with Crippen molar-refractivity contribution < 1.29 is 9.47 Å². The van der Waals surface area contributed by atoms with Crippen molar-refractivity contribution in [1.29, 1.82) is 0 Å². The van der Waals surface area contributed by atoms with E-state index in [1.807, 2.05) is 42.5 Å². The van der Waals surface area contributed by atoms with Crippen LogP contribution in [-0.4, -0.2) is 7.11 Å². The molecule has 0 aliphatic heterocycles. The minimum atomic E-state index is 0.532. The lowest BCUT2D eigenvalue weighted by molar-refractivity contribution is 0.303. The Morgan fingerprint density at radius 2 is 1.89 bits per heavy atom. The second kappa shape index (κ2) is 6.25. The van der Waals surface area contributed by atoms with E-state index < -0.39 is 0 Å². The smallest absolute Gasteiger partial charge is 0.134 e. The van der Waals surface area contributed by atoms with Gasteiger partial charge in [0.1, 0.15) is 18.1 Å². The summed E-state index contributed by atoms with van der Waals surface area (Å²) in [6, 6.07) is 13.7. The first-order valence-electron chi connectivity index (χ1n) is 5.40. The molecule has 0 heterocycles. The first kappa shape index (κ1) is 13.4. The SMILES string of the molecule is COc1ccc(OCc2cccc(Br)c2)c(Br)c1. The van der Waals surface area contributed by atoms with Crippen molar-refractivity contribution >= 4 is 31.9 Å². The molecule has 0 saturated carbocycles. The average Bonchev–Trinajstić information content (AvgIpc) is 2.37. The van der Waals surface area contributed by atoms with E-state index in [0.29, 0.717) is 6.61 Å². The third-order valence-electron chi connectivity index (χ3n) is 2.42. The summed E-state index contributed by atoms with van der Waals surface area (Å²) in [6.07, 6.45) is 0. The van der Waals surface area contributed by atoms with Crippen LogP contribution in [0.3, 0.4) is 0 Å². The molecule has 0 amide bonds. The molecule has 0 aliphatic carbocycles. The van der Waals surface area contributed by atoms with Crippen molar-refractivity contribution in [3.05, 3.63) is 57.0 Å². The highest BCUT2D eigenvalue weighted by atomic mass is 79.9. The van der Waals surface area contributed by atoms with Crippen molar-refractivity contribution in [3.63, 3.8) is 0 Å². The normalized spacial score (nSPS) is 10.2. The minimum Gasteiger partial charge on any atom is -0.497 e. The zero-order chi connectivity index (χ0) is 13.0. The van der Waals surface area contributed by atoms with Gasteiger partial charge in [0.05, 0.1) is 11.6 Å². The van der Waals surface area contributed by atoms with E-state index in [0.717, 1.165) is 26.0 Å². The quantitative estimate of drug-likeness (QED) is 0.768. The van der Waals surface area contributed by atoms with E-state index in [9.17, 15) is 0 Å². The van der Waals surface area contributed by atoms with Gasteiger partial charge >= 0.3 is 0 Å². The van der Waals surface area contributed by atoms with E-state index in [-0.39, 0.29) is 0 Å². The molecule has 94 valence electrons. The molecule has 0 spiro atoms.